The number of aryl methyl sites for hydroxylation is 2. The number of nitriles is 1. The molecule has 7 nitrogen and oxygen atoms in total. The molecule has 0 aliphatic heterocycles. The predicted octanol–water partition coefficient (Wildman–Crippen LogP) is 2.54. The lowest BCUT2D eigenvalue weighted by Gasteiger charge is -2.03. The van der Waals surface area contributed by atoms with Crippen LogP contribution in [-0.2, 0) is 6.54 Å². The van der Waals surface area contributed by atoms with Crippen LogP contribution in [0.4, 0.5) is 5.82 Å². The summed E-state index contributed by atoms with van der Waals surface area (Å²) < 4.78 is 3.34. The van der Waals surface area contributed by atoms with Crippen LogP contribution < -0.4 is 5.32 Å². The maximum Gasteiger partial charge on any atom is 0.277 e. The van der Waals surface area contributed by atoms with Gasteiger partial charge in [-0.25, -0.2) is 4.68 Å². The van der Waals surface area contributed by atoms with Crippen LogP contribution in [0.15, 0.2) is 48.7 Å². The summed E-state index contributed by atoms with van der Waals surface area (Å²) in [6, 6.07) is 15.1. The lowest BCUT2D eigenvalue weighted by molar-refractivity contribution is 0.102. The molecule has 2 heterocycles. The monoisotopic (exact) mass is 320 g/mol. The third-order valence-electron chi connectivity index (χ3n) is 3.46. The summed E-state index contributed by atoms with van der Waals surface area (Å²) in [4.78, 5) is 12.3. The number of nitrogens with one attached hydrogen (secondary N) is 1. The van der Waals surface area contributed by atoms with Gasteiger partial charge < -0.3 is 5.32 Å². The van der Waals surface area contributed by atoms with Crippen molar-refractivity contribution in [3.05, 3.63) is 60.0 Å². The topological polar surface area (TPSA) is 88.5 Å². The van der Waals surface area contributed by atoms with E-state index in [0.29, 0.717) is 24.5 Å². The first-order chi connectivity index (χ1) is 11.7. The number of rotatable bonds is 5. The van der Waals surface area contributed by atoms with Crippen molar-refractivity contribution < 1.29 is 4.79 Å². The first kappa shape index (κ1) is 15.5. The number of hydrogen-bond acceptors (Lipinski definition) is 4. The van der Waals surface area contributed by atoms with Crippen molar-refractivity contribution in [1.29, 1.82) is 5.26 Å². The molecule has 1 N–H and O–H groups in total. The van der Waals surface area contributed by atoms with Crippen LogP contribution in [0.2, 0.25) is 0 Å². The summed E-state index contributed by atoms with van der Waals surface area (Å²) in [6.07, 6.45) is 2.09. The number of benzene rings is 1. The van der Waals surface area contributed by atoms with E-state index in [0.717, 1.165) is 11.4 Å². The Morgan fingerprint density at radius 3 is 2.79 bits per heavy atom. The minimum absolute atomic E-state index is 0.321. The summed E-state index contributed by atoms with van der Waals surface area (Å²) in [7, 11) is 0. The Labute approximate surface area is 139 Å². The zero-order chi connectivity index (χ0) is 16.9. The minimum atomic E-state index is -0.321. The molecule has 2 aromatic heterocycles. The Hall–Kier alpha value is -3.40. The van der Waals surface area contributed by atoms with Gasteiger partial charge in [0, 0.05) is 18.0 Å². The van der Waals surface area contributed by atoms with E-state index >= 15 is 0 Å². The number of carbonyl (C=O) groups is 1. The summed E-state index contributed by atoms with van der Waals surface area (Å²) in [5.41, 5.74) is 2.09. The fourth-order valence-electron chi connectivity index (χ4n) is 2.31. The average Bonchev–Trinajstić information content (AvgIpc) is 3.20. The Bertz CT molecular complexity index is 887. The molecule has 0 radical (unpaired) electrons. The molecular weight excluding hydrogens is 304 g/mol. The van der Waals surface area contributed by atoms with Crippen molar-refractivity contribution in [3.63, 3.8) is 0 Å². The molecule has 1 aromatic carbocycles. The molecule has 0 saturated carbocycles. The third kappa shape index (κ3) is 3.33. The second kappa shape index (κ2) is 6.79. The maximum absolute atomic E-state index is 12.3. The van der Waals surface area contributed by atoms with Gasteiger partial charge in [0.25, 0.3) is 5.91 Å². The highest BCUT2D eigenvalue weighted by molar-refractivity contribution is 6.02. The number of anilines is 1. The second-order valence-electron chi connectivity index (χ2n) is 5.24. The van der Waals surface area contributed by atoms with Gasteiger partial charge in [-0.2, -0.15) is 15.5 Å². The van der Waals surface area contributed by atoms with Crippen molar-refractivity contribution >= 4 is 11.7 Å². The molecular formula is C17H16N6O. The number of hydrogen-bond donors (Lipinski definition) is 1. The van der Waals surface area contributed by atoms with Crippen LogP contribution in [0.3, 0.4) is 0 Å². The molecule has 0 bridgehead atoms. The van der Waals surface area contributed by atoms with E-state index in [1.54, 1.807) is 27.7 Å². The third-order valence-corrected chi connectivity index (χ3v) is 3.46. The molecule has 3 rings (SSSR count). The summed E-state index contributed by atoms with van der Waals surface area (Å²) in [5, 5.41) is 19.9. The average molecular weight is 320 g/mol. The van der Waals surface area contributed by atoms with Gasteiger partial charge in [0.05, 0.1) is 24.7 Å². The minimum Gasteiger partial charge on any atom is -0.304 e. The van der Waals surface area contributed by atoms with E-state index in [-0.39, 0.29) is 5.91 Å². The highest BCUT2D eigenvalue weighted by Crippen LogP contribution is 2.13. The molecule has 3 aromatic rings. The molecule has 24 heavy (non-hydrogen) atoms. The molecule has 0 saturated heterocycles. The molecule has 120 valence electrons. The Balaban J connectivity index is 1.74. The van der Waals surface area contributed by atoms with Gasteiger partial charge in [0.2, 0.25) is 0 Å². The van der Waals surface area contributed by atoms with Gasteiger partial charge in [-0.1, -0.05) is 18.2 Å². The first-order valence-electron chi connectivity index (χ1n) is 7.51. The maximum atomic E-state index is 12.3. The van der Waals surface area contributed by atoms with Gasteiger partial charge in [0.1, 0.15) is 0 Å². The van der Waals surface area contributed by atoms with Crippen molar-refractivity contribution in [2.75, 3.05) is 5.32 Å². The smallest absolute Gasteiger partial charge is 0.277 e. The van der Waals surface area contributed by atoms with Crippen LogP contribution in [0.1, 0.15) is 22.6 Å². The van der Waals surface area contributed by atoms with Gasteiger partial charge in [-0.05, 0) is 25.1 Å². The fourth-order valence-corrected chi connectivity index (χ4v) is 2.31. The standard InChI is InChI=1S/C17H16N6O/c1-13-12-15(20-23(13)14-6-3-2-4-7-14)17(24)19-16-8-11-22(21-16)10-5-9-18/h2-4,6-8,11-12H,5,10H2,1H3,(H,19,21,24). The normalized spacial score (nSPS) is 10.3. The van der Waals surface area contributed by atoms with E-state index in [4.69, 9.17) is 5.26 Å². The highest BCUT2D eigenvalue weighted by Gasteiger charge is 2.14. The molecule has 0 aliphatic rings. The van der Waals surface area contributed by atoms with Gasteiger partial charge >= 0.3 is 0 Å². The largest absolute Gasteiger partial charge is 0.304 e. The molecule has 1 amide bonds. The Morgan fingerprint density at radius 2 is 2.04 bits per heavy atom. The lowest BCUT2D eigenvalue weighted by atomic mass is 10.3. The van der Waals surface area contributed by atoms with Gasteiger partial charge in [-0.15, -0.1) is 0 Å². The zero-order valence-corrected chi connectivity index (χ0v) is 13.2. The van der Waals surface area contributed by atoms with Crippen molar-refractivity contribution in [2.24, 2.45) is 0 Å². The van der Waals surface area contributed by atoms with Crippen molar-refractivity contribution in [2.45, 2.75) is 19.9 Å². The molecule has 0 spiro atoms. The second-order valence-corrected chi connectivity index (χ2v) is 5.24. The SMILES string of the molecule is Cc1cc(C(=O)Nc2ccn(CCC#N)n2)nn1-c1ccccc1. The number of aromatic nitrogens is 4. The molecule has 7 heteroatoms. The molecule has 0 unspecified atom stereocenters. The van der Waals surface area contributed by atoms with Crippen LogP contribution in [0.5, 0.6) is 0 Å². The summed E-state index contributed by atoms with van der Waals surface area (Å²) in [6.45, 7) is 2.39. The van der Waals surface area contributed by atoms with Crippen molar-refractivity contribution in [1.82, 2.24) is 19.6 Å². The number of nitrogens with zero attached hydrogens (tertiary/aromatic N) is 5. The molecule has 0 fully saturated rings. The summed E-state index contributed by atoms with van der Waals surface area (Å²) in [5.74, 6) is 0.114. The Morgan fingerprint density at radius 1 is 1.25 bits per heavy atom. The number of carbonyl (C=O) groups excluding carboxylic acids is 1. The van der Waals surface area contributed by atoms with Crippen LogP contribution in [0.25, 0.3) is 5.69 Å². The summed E-state index contributed by atoms with van der Waals surface area (Å²) >= 11 is 0. The van der Waals surface area contributed by atoms with Crippen LogP contribution in [0, 0.1) is 18.3 Å². The predicted molar refractivity (Wildman–Crippen MR) is 88.7 cm³/mol. The first-order valence-corrected chi connectivity index (χ1v) is 7.51. The van der Waals surface area contributed by atoms with Gasteiger partial charge in [-0.3, -0.25) is 9.48 Å². The van der Waals surface area contributed by atoms with E-state index in [1.165, 1.54) is 0 Å². The van der Waals surface area contributed by atoms with Gasteiger partial charge in [0.15, 0.2) is 11.5 Å². The Kier molecular flexibility index (Phi) is 4.38. The quantitative estimate of drug-likeness (QED) is 0.782. The number of amides is 1. The van der Waals surface area contributed by atoms with E-state index in [1.807, 2.05) is 37.3 Å². The van der Waals surface area contributed by atoms with Crippen LogP contribution >= 0.6 is 0 Å². The van der Waals surface area contributed by atoms with E-state index in [2.05, 4.69) is 21.6 Å². The van der Waals surface area contributed by atoms with Crippen molar-refractivity contribution in [3.8, 4) is 11.8 Å². The number of para-hydroxylation sites is 1. The molecule has 0 aliphatic carbocycles. The van der Waals surface area contributed by atoms with E-state index in [9.17, 15) is 4.79 Å². The molecule has 0 atom stereocenters. The zero-order valence-electron chi connectivity index (χ0n) is 13.2. The highest BCUT2D eigenvalue weighted by atomic mass is 16.2. The lowest BCUT2D eigenvalue weighted by Crippen LogP contribution is -2.14. The van der Waals surface area contributed by atoms with E-state index < -0.39 is 0 Å². The fraction of sp³-hybridized carbons (Fsp3) is 0.176. The van der Waals surface area contributed by atoms with Crippen LogP contribution in [-0.4, -0.2) is 25.5 Å².